The second kappa shape index (κ2) is 5.05. The Morgan fingerprint density at radius 1 is 1.47 bits per heavy atom. The number of aromatic nitrogens is 1. The van der Waals surface area contributed by atoms with Gasteiger partial charge in [0.25, 0.3) is 11.8 Å². The molecule has 0 radical (unpaired) electrons. The Kier molecular flexibility index (Phi) is 3.46. The van der Waals surface area contributed by atoms with Crippen molar-refractivity contribution in [1.82, 2.24) is 15.2 Å². The summed E-state index contributed by atoms with van der Waals surface area (Å²) in [5, 5.41) is 5.41. The van der Waals surface area contributed by atoms with Gasteiger partial charge in [-0.15, -0.1) is 0 Å². The molecule has 0 saturated carbocycles. The Morgan fingerprint density at radius 3 is 2.79 bits per heavy atom. The standard InChI is InChI=1S/C12H14N4O3/c1-13-11(18)8-5-7(3-4-14-8)15-9-6-10(17)16(2)12(9)19/h3-5,9H,6H2,1-2H3,(H,13,18)(H,14,15). The lowest BCUT2D eigenvalue weighted by molar-refractivity contribution is -0.136. The van der Waals surface area contributed by atoms with E-state index in [1.54, 1.807) is 6.07 Å². The van der Waals surface area contributed by atoms with Gasteiger partial charge in [0.05, 0.1) is 6.42 Å². The van der Waals surface area contributed by atoms with Gasteiger partial charge in [-0.2, -0.15) is 0 Å². The van der Waals surface area contributed by atoms with Gasteiger partial charge in [0.2, 0.25) is 5.91 Å². The molecular formula is C12H14N4O3. The Hall–Kier alpha value is -2.44. The van der Waals surface area contributed by atoms with Crippen LogP contribution < -0.4 is 10.6 Å². The molecule has 1 aromatic rings. The third-order valence-corrected chi connectivity index (χ3v) is 2.94. The monoisotopic (exact) mass is 262 g/mol. The first-order valence-electron chi connectivity index (χ1n) is 5.78. The molecule has 7 nitrogen and oxygen atoms in total. The summed E-state index contributed by atoms with van der Waals surface area (Å²) in [7, 11) is 2.97. The highest BCUT2D eigenvalue weighted by molar-refractivity contribution is 6.06. The molecule has 3 amide bonds. The zero-order valence-corrected chi connectivity index (χ0v) is 10.6. The molecule has 0 spiro atoms. The molecule has 1 fully saturated rings. The van der Waals surface area contributed by atoms with Crippen molar-refractivity contribution >= 4 is 23.4 Å². The summed E-state index contributed by atoms with van der Waals surface area (Å²) >= 11 is 0. The highest BCUT2D eigenvalue weighted by Crippen LogP contribution is 2.17. The van der Waals surface area contributed by atoms with Crippen LogP contribution in [0.3, 0.4) is 0 Å². The maximum Gasteiger partial charge on any atom is 0.269 e. The summed E-state index contributed by atoms with van der Waals surface area (Å²) in [5.74, 6) is -0.805. The Labute approximate surface area is 110 Å². The maximum atomic E-state index is 11.7. The van der Waals surface area contributed by atoms with Crippen molar-refractivity contribution in [1.29, 1.82) is 0 Å². The van der Waals surface area contributed by atoms with Crippen LogP contribution in [-0.4, -0.2) is 47.7 Å². The third-order valence-electron chi connectivity index (χ3n) is 2.94. The van der Waals surface area contributed by atoms with Crippen LogP contribution in [-0.2, 0) is 9.59 Å². The van der Waals surface area contributed by atoms with E-state index in [0.717, 1.165) is 4.90 Å². The first-order valence-corrected chi connectivity index (χ1v) is 5.78. The molecular weight excluding hydrogens is 248 g/mol. The van der Waals surface area contributed by atoms with Crippen LogP contribution in [0, 0.1) is 0 Å². The van der Waals surface area contributed by atoms with Crippen LogP contribution in [0.1, 0.15) is 16.9 Å². The molecule has 7 heteroatoms. The zero-order valence-electron chi connectivity index (χ0n) is 10.6. The SMILES string of the molecule is CNC(=O)c1cc(NC2CC(=O)N(C)C2=O)ccn1. The van der Waals surface area contributed by atoms with Gasteiger partial charge in [-0.1, -0.05) is 0 Å². The fourth-order valence-electron chi connectivity index (χ4n) is 1.84. The summed E-state index contributed by atoms with van der Waals surface area (Å²) in [5.41, 5.74) is 0.827. The predicted molar refractivity (Wildman–Crippen MR) is 67.4 cm³/mol. The van der Waals surface area contributed by atoms with Crippen LogP contribution in [0.5, 0.6) is 0 Å². The minimum atomic E-state index is -0.586. The van der Waals surface area contributed by atoms with E-state index >= 15 is 0 Å². The van der Waals surface area contributed by atoms with Crippen molar-refractivity contribution in [3.05, 3.63) is 24.0 Å². The summed E-state index contributed by atoms with van der Waals surface area (Å²) < 4.78 is 0. The number of nitrogens with zero attached hydrogens (tertiary/aromatic N) is 2. The van der Waals surface area contributed by atoms with Crippen molar-refractivity contribution in [3.63, 3.8) is 0 Å². The third kappa shape index (κ3) is 2.54. The quantitative estimate of drug-likeness (QED) is 0.724. The first-order chi connectivity index (χ1) is 9.02. The molecule has 1 aliphatic heterocycles. The van der Waals surface area contributed by atoms with E-state index in [0.29, 0.717) is 5.69 Å². The second-order valence-electron chi connectivity index (χ2n) is 4.20. The fraction of sp³-hybridized carbons (Fsp3) is 0.333. The van der Waals surface area contributed by atoms with E-state index in [9.17, 15) is 14.4 Å². The van der Waals surface area contributed by atoms with Crippen molar-refractivity contribution in [3.8, 4) is 0 Å². The Morgan fingerprint density at radius 2 is 2.21 bits per heavy atom. The lowest BCUT2D eigenvalue weighted by Crippen LogP contribution is -2.31. The molecule has 1 atom stereocenters. The number of nitrogens with one attached hydrogen (secondary N) is 2. The first kappa shape index (κ1) is 13.0. The fourth-order valence-corrected chi connectivity index (χ4v) is 1.84. The highest BCUT2D eigenvalue weighted by atomic mass is 16.2. The van der Waals surface area contributed by atoms with E-state index in [2.05, 4.69) is 15.6 Å². The molecule has 2 rings (SSSR count). The Balaban J connectivity index is 2.14. The van der Waals surface area contributed by atoms with Crippen LogP contribution in [0.15, 0.2) is 18.3 Å². The van der Waals surface area contributed by atoms with Gasteiger partial charge in [0, 0.05) is 26.0 Å². The molecule has 100 valence electrons. The van der Waals surface area contributed by atoms with Crippen molar-refractivity contribution < 1.29 is 14.4 Å². The van der Waals surface area contributed by atoms with Gasteiger partial charge >= 0.3 is 0 Å². The van der Waals surface area contributed by atoms with Gasteiger partial charge in [0.1, 0.15) is 11.7 Å². The number of carbonyl (C=O) groups excluding carboxylic acids is 3. The zero-order chi connectivity index (χ0) is 14.0. The minimum Gasteiger partial charge on any atom is -0.373 e. The molecule has 2 N–H and O–H groups in total. The molecule has 0 aliphatic carbocycles. The normalized spacial score (nSPS) is 18.6. The average molecular weight is 262 g/mol. The number of likely N-dealkylation sites (N-methyl/N-ethyl adjacent to an activating group) is 1. The smallest absolute Gasteiger partial charge is 0.269 e. The van der Waals surface area contributed by atoms with Gasteiger partial charge in [-0.05, 0) is 12.1 Å². The molecule has 0 bridgehead atoms. The lowest BCUT2D eigenvalue weighted by Gasteiger charge is -2.12. The maximum absolute atomic E-state index is 11.7. The molecule has 19 heavy (non-hydrogen) atoms. The summed E-state index contributed by atoms with van der Waals surface area (Å²) in [4.78, 5) is 39.6. The van der Waals surface area contributed by atoms with Crippen molar-refractivity contribution in [2.24, 2.45) is 0 Å². The molecule has 2 heterocycles. The van der Waals surface area contributed by atoms with Crippen LogP contribution in [0.2, 0.25) is 0 Å². The average Bonchev–Trinajstić information content (AvgIpc) is 2.66. The van der Waals surface area contributed by atoms with Gasteiger partial charge in [0.15, 0.2) is 0 Å². The molecule has 1 saturated heterocycles. The number of imide groups is 1. The van der Waals surface area contributed by atoms with Crippen LogP contribution >= 0.6 is 0 Å². The number of hydrogen-bond acceptors (Lipinski definition) is 5. The van der Waals surface area contributed by atoms with Crippen LogP contribution in [0.4, 0.5) is 5.69 Å². The number of anilines is 1. The van der Waals surface area contributed by atoms with Gasteiger partial charge < -0.3 is 10.6 Å². The topological polar surface area (TPSA) is 91.4 Å². The summed E-state index contributed by atoms with van der Waals surface area (Å²) in [6, 6.07) is 2.59. The number of rotatable bonds is 3. The number of amides is 3. The van der Waals surface area contributed by atoms with E-state index in [4.69, 9.17) is 0 Å². The number of pyridine rings is 1. The van der Waals surface area contributed by atoms with E-state index in [1.165, 1.54) is 26.4 Å². The summed E-state index contributed by atoms with van der Waals surface area (Å²) in [6.07, 6.45) is 1.59. The lowest BCUT2D eigenvalue weighted by atomic mass is 10.2. The largest absolute Gasteiger partial charge is 0.373 e. The molecule has 1 aliphatic rings. The van der Waals surface area contributed by atoms with E-state index in [1.807, 2.05) is 0 Å². The Bertz CT molecular complexity index is 544. The van der Waals surface area contributed by atoms with Gasteiger partial charge in [-0.3, -0.25) is 24.3 Å². The highest BCUT2D eigenvalue weighted by Gasteiger charge is 2.35. The van der Waals surface area contributed by atoms with E-state index < -0.39 is 6.04 Å². The number of carbonyl (C=O) groups is 3. The molecule has 1 unspecified atom stereocenters. The van der Waals surface area contributed by atoms with E-state index in [-0.39, 0.29) is 29.8 Å². The van der Waals surface area contributed by atoms with Crippen LogP contribution in [0.25, 0.3) is 0 Å². The minimum absolute atomic E-state index is 0.118. The summed E-state index contributed by atoms with van der Waals surface area (Å²) in [6.45, 7) is 0. The predicted octanol–water partition coefficient (Wildman–Crippen LogP) is -0.390. The number of hydrogen-bond donors (Lipinski definition) is 2. The van der Waals surface area contributed by atoms with Gasteiger partial charge in [-0.25, -0.2) is 0 Å². The molecule has 0 aromatic carbocycles. The molecule has 1 aromatic heterocycles. The number of likely N-dealkylation sites (tertiary alicyclic amines) is 1. The van der Waals surface area contributed by atoms with Crippen molar-refractivity contribution in [2.75, 3.05) is 19.4 Å². The van der Waals surface area contributed by atoms with Crippen molar-refractivity contribution in [2.45, 2.75) is 12.5 Å². The second-order valence-corrected chi connectivity index (χ2v) is 4.20.